The Balaban J connectivity index is 1.38. The molecule has 5 rings (SSSR count). The topological polar surface area (TPSA) is 92.1 Å². The van der Waals surface area contributed by atoms with Crippen molar-refractivity contribution in [2.24, 2.45) is 0 Å². The molecule has 37 heavy (non-hydrogen) atoms. The second-order valence-corrected chi connectivity index (χ2v) is 9.62. The van der Waals surface area contributed by atoms with Gasteiger partial charge in [0.2, 0.25) is 17.8 Å². The van der Waals surface area contributed by atoms with Crippen LogP contribution in [0.4, 0.5) is 26.1 Å². The quantitative estimate of drug-likeness (QED) is 0.384. The van der Waals surface area contributed by atoms with Crippen LogP contribution in [0.3, 0.4) is 0 Å². The largest absolute Gasteiger partial charge is 0.328 e. The van der Waals surface area contributed by atoms with E-state index in [9.17, 15) is 9.18 Å². The summed E-state index contributed by atoms with van der Waals surface area (Å²) in [7, 11) is 3.91. The van der Waals surface area contributed by atoms with E-state index in [1.807, 2.05) is 37.4 Å². The smallest absolute Gasteiger partial charge is 0.241 e. The highest BCUT2D eigenvalue weighted by atomic mass is 19.1. The molecule has 9 nitrogen and oxygen atoms in total. The lowest BCUT2D eigenvalue weighted by atomic mass is 10.0. The summed E-state index contributed by atoms with van der Waals surface area (Å²) in [5.41, 5.74) is 2.15. The van der Waals surface area contributed by atoms with Gasteiger partial charge in [0.25, 0.3) is 0 Å². The number of piperidine rings is 1. The number of nitrogens with zero attached hydrogens (tertiary/aromatic N) is 7. The minimum atomic E-state index is -0.689. The van der Waals surface area contributed by atoms with Crippen molar-refractivity contribution >= 4 is 34.3 Å². The van der Waals surface area contributed by atoms with Crippen molar-refractivity contribution in [1.29, 1.82) is 0 Å². The SMILES string of the molecule is CC(C)n1cnc2c(F)nc(-c3ccnc(Nc4ccc(N5CCC(N(C)C)CC5=O)cc4F)n3)cc21. The fourth-order valence-electron chi connectivity index (χ4n) is 4.52. The molecule has 0 saturated carbocycles. The molecule has 1 N–H and O–H groups in total. The third-order valence-corrected chi connectivity index (χ3v) is 6.63. The van der Waals surface area contributed by atoms with Gasteiger partial charge in [0.05, 0.1) is 28.9 Å². The molecule has 0 bridgehead atoms. The number of carbonyl (C=O) groups excluding carboxylic acids is 1. The Morgan fingerprint density at radius 3 is 2.59 bits per heavy atom. The monoisotopic (exact) mass is 506 g/mol. The van der Waals surface area contributed by atoms with Gasteiger partial charge in [0.15, 0.2) is 0 Å². The second-order valence-electron chi connectivity index (χ2n) is 9.62. The molecule has 0 aliphatic carbocycles. The van der Waals surface area contributed by atoms with Gasteiger partial charge in [-0.25, -0.2) is 24.3 Å². The van der Waals surface area contributed by atoms with Gasteiger partial charge >= 0.3 is 0 Å². The average Bonchev–Trinajstić information content (AvgIpc) is 3.30. The number of benzene rings is 1. The summed E-state index contributed by atoms with van der Waals surface area (Å²) in [5, 5.41) is 2.88. The summed E-state index contributed by atoms with van der Waals surface area (Å²) in [6.07, 6.45) is 4.29. The highest BCUT2D eigenvalue weighted by Crippen LogP contribution is 2.29. The second kappa shape index (κ2) is 9.81. The summed E-state index contributed by atoms with van der Waals surface area (Å²) >= 11 is 0. The van der Waals surface area contributed by atoms with Crippen molar-refractivity contribution < 1.29 is 13.6 Å². The summed E-state index contributed by atoms with van der Waals surface area (Å²) < 4.78 is 31.5. The van der Waals surface area contributed by atoms with Crippen LogP contribution in [0.2, 0.25) is 0 Å². The molecule has 1 amide bonds. The van der Waals surface area contributed by atoms with Crippen LogP contribution in [0.5, 0.6) is 0 Å². The first-order valence-electron chi connectivity index (χ1n) is 12.1. The van der Waals surface area contributed by atoms with Crippen LogP contribution in [0.25, 0.3) is 22.4 Å². The van der Waals surface area contributed by atoms with Crippen molar-refractivity contribution in [2.45, 2.75) is 38.8 Å². The van der Waals surface area contributed by atoms with E-state index in [1.165, 1.54) is 12.3 Å². The van der Waals surface area contributed by atoms with Crippen LogP contribution in [0.1, 0.15) is 32.7 Å². The van der Waals surface area contributed by atoms with Crippen molar-refractivity contribution in [3.8, 4) is 11.4 Å². The predicted octanol–water partition coefficient (Wildman–Crippen LogP) is 4.55. The summed E-state index contributed by atoms with van der Waals surface area (Å²) in [6.45, 7) is 4.49. The van der Waals surface area contributed by atoms with E-state index >= 15 is 4.39 Å². The van der Waals surface area contributed by atoms with Gasteiger partial charge in [0, 0.05) is 36.9 Å². The number of anilines is 3. The highest BCUT2D eigenvalue weighted by molar-refractivity contribution is 5.94. The van der Waals surface area contributed by atoms with E-state index < -0.39 is 11.8 Å². The first kappa shape index (κ1) is 24.7. The molecule has 1 saturated heterocycles. The summed E-state index contributed by atoms with van der Waals surface area (Å²) in [4.78, 5) is 33.0. The molecule has 1 atom stereocenters. The van der Waals surface area contributed by atoms with Gasteiger partial charge < -0.3 is 19.7 Å². The molecule has 1 aromatic carbocycles. The van der Waals surface area contributed by atoms with E-state index in [4.69, 9.17) is 0 Å². The van der Waals surface area contributed by atoms with Gasteiger partial charge in [-0.05, 0) is 64.7 Å². The molecule has 11 heteroatoms. The molecule has 1 aliphatic heterocycles. The van der Waals surface area contributed by atoms with Gasteiger partial charge in [0.1, 0.15) is 11.3 Å². The fraction of sp³-hybridized carbons (Fsp3) is 0.346. The zero-order valence-corrected chi connectivity index (χ0v) is 21.1. The number of fused-ring (bicyclic) bond motifs is 1. The number of halogens is 2. The van der Waals surface area contributed by atoms with Gasteiger partial charge in [-0.3, -0.25) is 4.79 Å². The Hall–Kier alpha value is -3.99. The van der Waals surface area contributed by atoms with Crippen LogP contribution in [0, 0.1) is 11.8 Å². The fourth-order valence-corrected chi connectivity index (χ4v) is 4.52. The number of imidazole rings is 1. The number of amides is 1. The minimum absolute atomic E-state index is 0.0309. The maximum atomic E-state index is 15.0. The number of pyridine rings is 1. The van der Waals surface area contributed by atoms with E-state index in [1.54, 1.807) is 35.5 Å². The van der Waals surface area contributed by atoms with Gasteiger partial charge in [-0.2, -0.15) is 4.39 Å². The maximum Gasteiger partial charge on any atom is 0.241 e. The molecule has 0 radical (unpaired) electrons. The summed E-state index contributed by atoms with van der Waals surface area (Å²) in [5.74, 6) is -1.13. The first-order chi connectivity index (χ1) is 17.7. The average molecular weight is 507 g/mol. The number of carbonyl (C=O) groups is 1. The van der Waals surface area contributed by atoms with Crippen molar-refractivity contribution in [3.63, 3.8) is 0 Å². The Bertz CT molecular complexity index is 1470. The van der Waals surface area contributed by atoms with Crippen molar-refractivity contribution in [2.75, 3.05) is 30.9 Å². The normalized spacial score (nSPS) is 16.3. The molecule has 4 heterocycles. The molecule has 3 aromatic heterocycles. The third kappa shape index (κ3) is 4.86. The number of rotatable bonds is 6. The maximum absolute atomic E-state index is 15.0. The molecule has 4 aromatic rings. The van der Waals surface area contributed by atoms with Gasteiger partial charge in [-0.15, -0.1) is 0 Å². The number of hydrogen-bond acceptors (Lipinski definition) is 7. The van der Waals surface area contributed by atoms with Gasteiger partial charge in [-0.1, -0.05) is 0 Å². The zero-order valence-electron chi connectivity index (χ0n) is 21.1. The third-order valence-electron chi connectivity index (χ3n) is 6.63. The van der Waals surface area contributed by atoms with E-state index in [2.05, 4.69) is 25.3 Å². The number of hydrogen-bond donors (Lipinski definition) is 1. The lowest BCUT2D eigenvalue weighted by molar-refractivity contribution is -0.120. The van der Waals surface area contributed by atoms with Crippen molar-refractivity contribution in [3.05, 3.63) is 54.6 Å². The Labute approximate surface area is 213 Å². The first-order valence-corrected chi connectivity index (χ1v) is 12.1. The van der Waals surface area contributed by atoms with Crippen molar-refractivity contribution in [1.82, 2.24) is 29.4 Å². The van der Waals surface area contributed by atoms with Crippen LogP contribution < -0.4 is 10.2 Å². The molecule has 1 aliphatic rings. The molecule has 1 fully saturated rings. The molecule has 192 valence electrons. The van der Waals surface area contributed by atoms with Crippen LogP contribution in [0.15, 0.2) is 42.9 Å². The van der Waals surface area contributed by atoms with Crippen LogP contribution in [-0.4, -0.2) is 62.0 Å². The van der Waals surface area contributed by atoms with E-state index in [0.717, 1.165) is 6.42 Å². The Morgan fingerprint density at radius 1 is 1.08 bits per heavy atom. The number of nitrogens with one attached hydrogen (secondary N) is 1. The van der Waals surface area contributed by atoms with Crippen LogP contribution in [-0.2, 0) is 4.79 Å². The lowest BCUT2D eigenvalue weighted by Crippen LogP contribution is -2.45. The Morgan fingerprint density at radius 2 is 1.89 bits per heavy atom. The number of aromatic nitrogens is 5. The Kier molecular flexibility index (Phi) is 6.55. The highest BCUT2D eigenvalue weighted by Gasteiger charge is 2.28. The molecule has 1 unspecified atom stereocenters. The summed E-state index contributed by atoms with van der Waals surface area (Å²) in [6, 6.07) is 8.19. The van der Waals surface area contributed by atoms with E-state index in [-0.39, 0.29) is 35.1 Å². The standard InChI is InChI=1S/C26H28F2N8O/c1-15(2)36-14-30-24-22(36)13-21(31-25(24)28)20-7-9-29-26(33-20)32-19-6-5-17(11-18(19)27)35-10-8-16(34(3)4)12-23(35)37/h5-7,9,11,13-16H,8,10,12H2,1-4H3,(H,29,32,33). The van der Waals surface area contributed by atoms with Crippen LogP contribution >= 0.6 is 0 Å². The zero-order chi connectivity index (χ0) is 26.3. The van der Waals surface area contributed by atoms with E-state index in [0.29, 0.717) is 35.6 Å². The molecular weight excluding hydrogens is 478 g/mol. The molecular formula is C26H28F2N8O. The molecule has 0 spiro atoms. The minimum Gasteiger partial charge on any atom is -0.328 e. The lowest BCUT2D eigenvalue weighted by Gasteiger charge is -2.34. The predicted molar refractivity (Wildman–Crippen MR) is 138 cm³/mol.